The van der Waals surface area contributed by atoms with Crippen LogP contribution in [0, 0.1) is 12.7 Å². The van der Waals surface area contributed by atoms with Gasteiger partial charge in [0.05, 0.1) is 18.7 Å². The van der Waals surface area contributed by atoms with Gasteiger partial charge in [0, 0.05) is 11.8 Å². The van der Waals surface area contributed by atoms with Crippen molar-refractivity contribution in [3.63, 3.8) is 0 Å². The van der Waals surface area contributed by atoms with Gasteiger partial charge in [0.2, 0.25) is 5.91 Å². The molecule has 8 nitrogen and oxygen atoms in total. The fourth-order valence-electron chi connectivity index (χ4n) is 2.71. The van der Waals surface area contributed by atoms with E-state index in [9.17, 15) is 9.18 Å². The van der Waals surface area contributed by atoms with Crippen LogP contribution in [-0.4, -0.2) is 39.8 Å². The molecule has 1 aromatic heterocycles. The van der Waals surface area contributed by atoms with Gasteiger partial charge in [0.25, 0.3) is 0 Å². The lowest BCUT2D eigenvalue weighted by molar-refractivity contribution is -0.111. The molecule has 0 spiro atoms. The molecule has 30 heavy (non-hydrogen) atoms. The number of benzene rings is 2. The van der Waals surface area contributed by atoms with Crippen LogP contribution >= 0.6 is 11.6 Å². The lowest BCUT2D eigenvalue weighted by Gasteiger charge is -2.11. The summed E-state index contributed by atoms with van der Waals surface area (Å²) in [6.07, 6.45) is 2.91. The van der Waals surface area contributed by atoms with Gasteiger partial charge in [-0.15, -0.1) is 5.10 Å². The van der Waals surface area contributed by atoms with Crippen molar-refractivity contribution in [2.75, 3.05) is 19.0 Å². The largest absolute Gasteiger partial charge is 0.491 e. The molecular formula is C20H19ClFN5O3. The normalized spacial score (nSPS) is 11.0. The van der Waals surface area contributed by atoms with E-state index < -0.39 is 11.7 Å². The SMILES string of the molecule is CCOc1cc(/C=C/C(=O)Nc2ccc(F)c(-n3nnnc3C)c2)cc(Cl)c1OC. The number of nitrogens with one attached hydrogen (secondary N) is 1. The fraction of sp³-hybridized carbons (Fsp3) is 0.200. The highest BCUT2D eigenvalue weighted by molar-refractivity contribution is 6.32. The Morgan fingerprint density at radius 2 is 2.13 bits per heavy atom. The van der Waals surface area contributed by atoms with E-state index in [4.69, 9.17) is 21.1 Å². The van der Waals surface area contributed by atoms with Gasteiger partial charge in [-0.2, -0.15) is 4.68 Å². The van der Waals surface area contributed by atoms with Gasteiger partial charge in [-0.05, 0) is 66.2 Å². The Kier molecular flexibility index (Phi) is 6.63. The third-order valence-corrected chi connectivity index (χ3v) is 4.31. The number of rotatable bonds is 7. The second-order valence-corrected chi connectivity index (χ2v) is 6.50. The van der Waals surface area contributed by atoms with Crippen LogP contribution in [0.1, 0.15) is 18.3 Å². The van der Waals surface area contributed by atoms with Crippen LogP contribution in [0.2, 0.25) is 5.02 Å². The van der Waals surface area contributed by atoms with Gasteiger partial charge < -0.3 is 14.8 Å². The fourth-order valence-corrected chi connectivity index (χ4v) is 3.00. The number of methoxy groups -OCH3 is 1. The van der Waals surface area contributed by atoms with E-state index >= 15 is 0 Å². The van der Waals surface area contributed by atoms with E-state index in [2.05, 4.69) is 20.8 Å². The number of aryl methyl sites for hydroxylation is 1. The van der Waals surface area contributed by atoms with E-state index in [-0.39, 0.29) is 5.69 Å². The Balaban J connectivity index is 1.78. The Hall–Kier alpha value is -3.46. The molecule has 3 rings (SSSR count). The predicted molar refractivity (Wildman–Crippen MR) is 111 cm³/mol. The Bertz CT molecular complexity index is 1100. The number of nitrogens with zero attached hydrogens (tertiary/aromatic N) is 4. The van der Waals surface area contributed by atoms with Gasteiger partial charge >= 0.3 is 0 Å². The smallest absolute Gasteiger partial charge is 0.248 e. The van der Waals surface area contributed by atoms with Crippen molar-refractivity contribution >= 4 is 29.3 Å². The average molecular weight is 432 g/mol. The first-order chi connectivity index (χ1) is 14.4. The van der Waals surface area contributed by atoms with Crippen molar-refractivity contribution in [1.29, 1.82) is 0 Å². The van der Waals surface area contributed by atoms with Crippen molar-refractivity contribution in [2.24, 2.45) is 0 Å². The maximum absolute atomic E-state index is 14.1. The second-order valence-electron chi connectivity index (χ2n) is 6.09. The summed E-state index contributed by atoms with van der Waals surface area (Å²) in [5.74, 6) is 0.393. The summed E-state index contributed by atoms with van der Waals surface area (Å²) >= 11 is 6.22. The molecule has 156 valence electrons. The highest BCUT2D eigenvalue weighted by atomic mass is 35.5. The predicted octanol–water partition coefficient (Wildman–Crippen LogP) is 3.82. The molecule has 1 N–H and O–H groups in total. The molecule has 0 unspecified atom stereocenters. The van der Waals surface area contributed by atoms with E-state index in [1.807, 2.05) is 6.92 Å². The molecule has 3 aromatic rings. The van der Waals surface area contributed by atoms with Crippen LogP contribution in [0.15, 0.2) is 36.4 Å². The number of tetrazole rings is 1. The highest BCUT2D eigenvalue weighted by Crippen LogP contribution is 2.36. The molecule has 0 saturated carbocycles. The molecule has 0 fully saturated rings. The average Bonchev–Trinajstić information content (AvgIpc) is 3.14. The van der Waals surface area contributed by atoms with Crippen molar-refractivity contribution in [3.8, 4) is 17.2 Å². The number of carbonyl (C=O) groups excluding carboxylic acids is 1. The lowest BCUT2D eigenvalue weighted by atomic mass is 10.2. The van der Waals surface area contributed by atoms with Gasteiger partial charge in [-0.3, -0.25) is 4.79 Å². The molecule has 2 aromatic carbocycles. The van der Waals surface area contributed by atoms with Gasteiger partial charge in [-0.25, -0.2) is 4.39 Å². The van der Waals surface area contributed by atoms with Gasteiger partial charge in [0.15, 0.2) is 17.3 Å². The van der Waals surface area contributed by atoms with E-state index in [0.29, 0.717) is 40.2 Å². The first-order valence-corrected chi connectivity index (χ1v) is 9.35. The lowest BCUT2D eigenvalue weighted by Crippen LogP contribution is -2.09. The zero-order valence-electron chi connectivity index (χ0n) is 16.5. The molecule has 0 aliphatic heterocycles. The summed E-state index contributed by atoms with van der Waals surface area (Å²) in [5, 5.41) is 14.0. The molecule has 0 radical (unpaired) electrons. The molecule has 1 heterocycles. The number of hydrogen-bond acceptors (Lipinski definition) is 6. The Labute approximate surface area is 177 Å². The van der Waals surface area contributed by atoms with Crippen LogP contribution in [0.5, 0.6) is 11.5 Å². The summed E-state index contributed by atoms with van der Waals surface area (Å²) in [5.41, 5.74) is 1.17. The number of anilines is 1. The van der Waals surface area contributed by atoms with Crippen LogP contribution in [0.4, 0.5) is 10.1 Å². The summed E-state index contributed by atoms with van der Waals surface area (Å²) < 4.78 is 26.2. The third-order valence-electron chi connectivity index (χ3n) is 4.03. The topological polar surface area (TPSA) is 91.2 Å². The number of amides is 1. The quantitative estimate of drug-likeness (QED) is 0.572. The van der Waals surface area contributed by atoms with Crippen molar-refractivity contribution in [1.82, 2.24) is 20.2 Å². The van der Waals surface area contributed by atoms with E-state index in [1.165, 1.54) is 36.1 Å². The number of ether oxygens (including phenoxy) is 2. The van der Waals surface area contributed by atoms with E-state index in [0.717, 1.165) is 0 Å². The summed E-state index contributed by atoms with van der Waals surface area (Å²) in [4.78, 5) is 12.3. The summed E-state index contributed by atoms with van der Waals surface area (Å²) in [6.45, 7) is 3.93. The Morgan fingerprint density at radius 1 is 1.33 bits per heavy atom. The summed E-state index contributed by atoms with van der Waals surface area (Å²) in [7, 11) is 1.50. The van der Waals surface area contributed by atoms with Gasteiger partial charge in [0.1, 0.15) is 11.5 Å². The first-order valence-electron chi connectivity index (χ1n) is 8.97. The van der Waals surface area contributed by atoms with Crippen LogP contribution in [0.25, 0.3) is 11.8 Å². The molecule has 1 amide bonds. The molecule has 0 aliphatic carbocycles. The molecule has 0 aliphatic rings. The van der Waals surface area contributed by atoms with Crippen LogP contribution < -0.4 is 14.8 Å². The third kappa shape index (κ3) is 4.74. The maximum Gasteiger partial charge on any atom is 0.248 e. The van der Waals surface area contributed by atoms with Crippen molar-refractivity contribution in [2.45, 2.75) is 13.8 Å². The van der Waals surface area contributed by atoms with Crippen LogP contribution in [-0.2, 0) is 4.79 Å². The first kappa shape index (κ1) is 21.3. The monoisotopic (exact) mass is 431 g/mol. The standard InChI is InChI=1S/C20H19ClFN5O3/c1-4-30-18-10-13(9-15(21)20(18)29-3)5-8-19(28)23-14-6-7-16(22)17(11-14)27-12(2)24-25-26-27/h5-11H,4H2,1-3H3,(H,23,28)/b8-5+. The van der Waals surface area contributed by atoms with Crippen molar-refractivity contribution in [3.05, 3.63) is 58.6 Å². The number of halogens is 2. The molecular weight excluding hydrogens is 413 g/mol. The molecule has 0 bridgehead atoms. The number of carbonyl (C=O) groups is 1. The zero-order chi connectivity index (χ0) is 21.7. The van der Waals surface area contributed by atoms with Crippen LogP contribution in [0.3, 0.4) is 0 Å². The number of aromatic nitrogens is 4. The van der Waals surface area contributed by atoms with E-state index in [1.54, 1.807) is 25.1 Å². The second kappa shape index (κ2) is 9.36. The maximum atomic E-state index is 14.1. The minimum absolute atomic E-state index is 0.127. The van der Waals surface area contributed by atoms with Crippen molar-refractivity contribution < 1.29 is 18.7 Å². The highest BCUT2D eigenvalue weighted by Gasteiger charge is 2.12. The zero-order valence-corrected chi connectivity index (χ0v) is 17.3. The minimum Gasteiger partial charge on any atom is -0.491 e. The van der Waals surface area contributed by atoms with Gasteiger partial charge in [-0.1, -0.05) is 11.6 Å². The number of hydrogen-bond donors (Lipinski definition) is 1. The molecule has 0 atom stereocenters. The minimum atomic E-state index is -0.518. The summed E-state index contributed by atoms with van der Waals surface area (Å²) in [6, 6.07) is 7.49. The Morgan fingerprint density at radius 3 is 2.80 bits per heavy atom. The molecule has 10 heteroatoms. The molecule has 0 saturated heterocycles.